The summed E-state index contributed by atoms with van der Waals surface area (Å²) in [5.41, 5.74) is 25.5. The minimum atomic E-state index is -0.562. The van der Waals surface area contributed by atoms with Gasteiger partial charge in [0.15, 0.2) is 0 Å². The van der Waals surface area contributed by atoms with Crippen molar-refractivity contribution >= 4 is 128 Å². The van der Waals surface area contributed by atoms with Gasteiger partial charge in [-0.05, 0) is 219 Å². The lowest BCUT2D eigenvalue weighted by atomic mass is 9.78. The monoisotopic (exact) mass is 1660 g/mol. The van der Waals surface area contributed by atoms with Crippen molar-refractivity contribution in [1.82, 2.24) is 49.8 Å². The van der Waals surface area contributed by atoms with Gasteiger partial charge < -0.3 is 19.9 Å². The Bertz CT molecular complexity index is 6630. The summed E-state index contributed by atoms with van der Waals surface area (Å²) in [5, 5.41) is 0. The van der Waals surface area contributed by atoms with E-state index in [0.29, 0.717) is 89.8 Å². The first-order valence-corrected chi connectivity index (χ1v) is 43.8. The number of benzene rings is 4. The molecule has 14 heterocycles. The molecule has 4 N–H and O–H groups in total. The highest BCUT2D eigenvalue weighted by molar-refractivity contribution is 6.37. The number of fused-ring (bicyclic) bond motifs is 18. The van der Waals surface area contributed by atoms with Gasteiger partial charge in [-0.15, -0.1) is 0 Å². The van der Waals surface area contributed by atoms with Gasteiger partial charge in [0.2, 0.25) is 0 Å². The number of nitrogens with zero attached hydrogens (tertiary/aromatic N) is 8. The zero-order valence-electron chi connectivity index (χ0n) is 76.8. The van der Waals surface area contributed by atoms with E-state index in [9.17, 15) is 0 Å². The van der Waals surface area contributed by atoms with Gasteiger partial charge in [0, 0.05) is 91.3 Å². The maximum atomic E-state index is 15.6. The number of carbonyl (C=O) groups excluding carboxylic acids is 4. The summed E-state index contributed by atoms with van der Waals surface area (Å²) in [6, 6.07) is 47.2. The molecular weight excluding hydrogens is 1550 g/mol. The van der Waals surface area contributed by atoms with Crippen LogP contribution in [0.15, 0.2) is 158 Å². The Morgan fingerprint density at radius 1 is 0.222 bits per heavy atom. The van der Waals surface area contributed by atoms with Gasteiger partial charge in [-0.3, -0.25) is 29.1 Å². The molecular formula is C110H110N12O4. The Hall–Kier alpha value is -13.3. The number of anilines is 2. The molecule has 0 aliphatic carbocycles. The lowest BCUT2D eigenvalue weighted by Gasteiger charge is -2.26. The number of pyridine rings is 2. The third kappa shape index (κ3) is 14.7. The van der Waals surface area contributed by atoms with E-state index in [1.54, 1.807) is 12.1 Å². The second-order valence-electron chi connectivity index (χ2n) is 42.9. The van der Waals surface area contributed by atoms with Crippen molar-refractivity contribution in [3.63, 3.8) is 0 Å². The SMILES string of the molecule is CC(C)(C)c1cc(-c2c3nc(c(-c4cc(C(C)(C)C)cc(C(C)(C)C)c4)c4ccc([nH]4)c(N4C(=O)c5ccncc5C4=O)c4nc(c(-c5c6nc(c(N7C(=O)c8ccncc8C7=O)c7ccc([nH]7)c(-c7cc(C(C)(C)C)cc(C(C)(C)C)c7)c7nc(c(-c8cc(C(C)(C)C)cc(C(C)(C)C)c8)c8ccc5[nH]8)C=C7)C=C6)c5ccc2[nH]5)C=C4)C=C3)cc(C(C)(C)C)c1. The highest BCUT2D eigenvalue weighted by Crippen LogP contribution is 2.49. The molecule has 0 atom stereocenters. The highest BCUT2D eigenvalue weighted by Gasteiger charge is 2.42. The molecule has 6 aliphatic rings. The summed E-state index contributed by atoms with van der Waals surface area (Å²) in [6.07, 6.45) is 22.0. The van der Waals surface area contributed by atoms with Crippen LogP contribution in [-0.4, -0.2) is 73.5 Å². The fourth-order valence-electron chi connectivity index (χ4n) is 17.7. The van der Waals surface area contributed by atoms with Crippen molar-refractivity contribution in [2.75, 3.05) is 9.80 Å². The van der Waals surface area contributed by atoms with E-state index in [0.717, 1.165) is 100 Å². The number of nitrogens with one attached hydrogen (secondary N) is 4. The quantitative estimate of drug-likeness (QED) is 0.111. The third-order valence-corrected chi connectivity index (χ3v) is 25.3. The van der Waals surface area contributed by atoms with Crippen molar-refractivity contribution in [2.24, 2.45) is 0 Å². The summed E-state index contributed by atoms with van der Waals surface area (Å²) in [6.45, 7) is 54.0. The van der Waals surface area contributed by atoms with E-state index in [1.165, 1.54) is 34.6 Å². The van der Waals surface area contributed by atoms with Crippen LogP contribution in [0.4, 0.5) is 11.4 Å². The Kier molecular flexibility index (Phi) is 19.3. The van der Waals surface area contributed by atoms with Crippen molar-refractivity contribution in [3.8, 4) is 55.6 Å². The van der Waals surface area contributed by atoms with Crippen molar-refractivity contribution in [3.05, 3.63) is 271 Å². The number of hydrogen-bond acceptors (Lipinski definition) is 10. The van der Waals surface area contributed by atoms with Gasteiger partial charge in [0.25, 0.3) is 23.6 Å². The number of amides is 4. The van der Waals surface area contributed by atoms with Crippen LogP contribution in [0.3, 0.4) is 0 Å². The molecule has 16 bridgehead atoms. The summed E-state index contributed by atoms with van der Waals surface area (Å²) in [4.78, 5) is 113. The molecule has 4 aromatic carbocycles. The van der Waals surface area contributed by atoms with Gasteiger partial charge in [-0.1, -0.05) is 239 Å². The summed E-state index contributed by atoms with van der Waals surface area (Å²) >= 11 is 0. The minimum Gasteiger partial charge on any atom is -0.354 e. The molecule has 16 nitrogen and oxygen atoms in total. The number of aromatic amines is 4. The van der Waals surface area contributed by atoms with Crippen LogP contribution in [-0.2, 0) is 43.3 Å². The molecule has 634 valence electrons. The summed E-state index contributed by atoms with van der Waals surface area (Å²) in [7, 11) is 0. The number of imide groups is 2. The average Bonchev–Trinajstić information content (AvgIpc) is 1.57. The van der Waals surface area contributed by atoms with E-state index in [-0.39, 0.29) is 76.9 Å². The van der Waals surface area contributed by atoms with E-state index in [4.69, 9.17) is 19.9 Å². The first kappa shape index (κ1) is 83.6. The van der Waals surface area contributed by atoms with Gasteiger partial charge >= 0.3 is 0 Å². The Morgan fingerprint density at radius 3 is 0.643 bits per heavy atom. The molecule has 0 saturated heterocycles. The maximum Gasteiger partial charge on any atom is 0.267 e. The molecule has 6 aliphatic heterocycles. The number of aromatic nitrogens is 10. The Labute approximate surface area is 737 Å². The predicted octanol–water partition coefficient (Wildman–Crippen LogP) is 26.7. The van der Waals surface area contributed by atoms with Gasteiger partial charge in [0.1, 0.15) is 11.4 Å². The van der Waals surface area contributed by atoms with Gasteiger partial charge in [-0.25, -0.2) is 29.7 Å². The van der Waals surface area contributed by atoms with E-state index >= 15 is 19.2 Å². The molecule has 0 fully saturated rings. The molecule has 12 aromatic rings. The normalized spacial score (nSPS) is 14.4. The molecule has 16 heteroatoms. The standard InChI is InChI=1S/C110H110N12O4/c1-103(2,3)63-45-59(46-64(53-63)104(4,5)6)91-75-25-27-77(113-75)93(61-49-67(107(13,14)15)55-68(50-61)108(16,17)18)81-33-37-87(117-81)97(121-99(123)71-41-43-111-57-73(71)101(121)125)89-39-35-85(119-89)95(83-31-29-79(91)115-83)96-84-32-30-80(116-84)92(60-47-65(105(7,8)9)54-66(48-60)106(10,11)12)76-26-28-78(114-76)94(62-51-69(109(19,20)21)56-70(52-62)110(22,23)24)82-34-38-88(118-82)98(90-40-36-86(96)120-90)122-100(124)72-42-44-112-58-74(72)102(122)126/h25-58,115-118H,1-24H3. The maximum absolute atomic E-state index is 15.6. The van der Waals surface area contributed by atoms with Crippen LogP contribution in [0, 0.1) is 0 Å². The van der Waals surface area contributed by atoms with Crippen LogP contribution in [0.2, 0.25) is 0 Å². The zero-order valence-corrected chi connectivity index (χ0v) is 76.8. The van der Waals surface area contributed by atoms with Gasteiger partial charge in [-0.2, -0.15) is 0 Å². The van der Waals surface area contributed by atoms with E-state index in [2.05, 4.69) is 317 Å². The lowest BCUT2D eigenvalue weighted by Crippen LogP contribution is -2.30. The molecule has 0 saturated carbocycles. The number of H-pyrrole nitrogens is 4. The molecule has 8 aromatic heterocycles. The topological polar surface area (TPSA) is 215 Å². The van der Waals surface area contributed by atoms with Crippen molar-refractivity contribution < 1.29 is 19.2 Å². The van der Waals surface area contributed by atoms with Gasteiger partial charge in [0.05, 0.1) is 78.8 Å². The number of carbonyl (C=O) groups is 4. The first-order valence-electron chi connectivity index (χ1n) is 43.8. The van der Waals surface area contributed by atoms with Crippen LogP contribution < -0.4 is 9.80 Å². The molecule has 0 radical (unpaired) electrons. The second kappa shape index (κ2) is 29.1. The summed E-state index contributed by atoms with van der Waals surface area (Å²) < 4.78 is 0. The molecule has 4 amide bonds. The summed E-state index contributed by atoms with van der Waals surface area (Å²) in [5.74, 6) is -2.20. The Balaban J connectivity index is 1.05. The third-order valence-electron chi connectivity index (χ3n) is 25.3. The Morgan fingerprint density at radius 2 is 0.413 bits per heavy atom. The first-order chi connectivity index (χ1) is 59.1. The fraction of sp³-hybridized carbons (Fsp3) is 0.291. The number of hydrogen-bond donors (Lipinski definition) is 4. The second-order valence-corrected chi connectivity index (χ2v) is 42.9. The predicted molar refractivity (Wildman–Crippen MR) is 519 cm³/mol. The van der Waals surface area contributed by atoms with Crippen molar-refractivity contribution in [1.29, 1.82) is 0 Å². The van der Waals surface area contributed by atoms with Crippen LogP contribution in [0.25, 0.3) is 148 Å². The van der Waals surface area contributed by atoms with Crippen LogP contribution >= 0.6 is 0 Å². The van der Waals surface area contributed by atoms with E-state index in [1.807, 2.05) is 48.6 Å². The molecule has 0 spiro atoms. The smallest absolute Gasteiger partial charge is 0.267 e. The molecule has 18 rings (SSSR count). The highest BCUT2D eigenvalue weighted by atomic mass is 16.2. The molecule has 0 unspecified atom stereocenters. The lowest BCUT2D eigenvalue weighted by molar-refractivity contribution is 0.0910. The van der Waals surface area contributed by atoms with E-state index < -0.39 is 23.6 Å². The number of rotatable bonds is 7. The molecule has 126 heavy (non-hydrogen) atoms. The average molecular weight is 1660 g/mol. The van der Waals surface area contributed by atoms with Crippen LogP contribution in [0.5, 0.6) is 0 Å². The zero-order chi connectivity index (χ0) is 89.7. The fourth-order valence-corrected chi connectivity index (χ4v) is 17.7. The minimum absolute atomic E-state index is 0.158. The largest absolute Gasteiger partial charge is 0.354 e. The van der Waals surface area contributed by atoms with Crippen LogP contribution in [0.1, 0.15) is 298 Å². The van der Waals surface area contributed by atoms with Crippen molar-refractivity contribution in [2.45, 2.75) is 209 Å².